The topological polar surface area (TPSA) is 40.9 Å². The fraction of sp³-hybridized carbons (Fsp3) is 0.714. The van der Waals surface area contributed by atoms with Crippen molar-refractivity contribution in [3.8, 4) is 6.07 Å². The molecule has 0 unspecified atom stereocenters. The Balaban J connectivity index is 2.51. The van der Waals surface area contributed by atoms with E-state index >= 15 is 0 Å². The van der Waals surface area contributed by atoms with E-state index in [2.05, 4.69) is 0 Å². The van der Waals surface area contributed by atoms with Crippen molar-refractivity contribution in [3.05, 3.63) is 0 Å². The Morgan fingerprint density at radius 2 is 2.33 bits per heavy atom. The molecule has 1 fully saturated rings. The second-order valence-electron chi connectivity index (χ2n) is 2.39. The minimum Gasteiger partial charge on any atom is -0.298 e. The molecule has 0 radical (unpaired) electrons. The number of nitrogens with zero attached hydrogens (tertiary/aromatic N) is 1. The highest BCUT2D eigenvalue weighted by Crippen LogP contribution is 2.19. The Bertz CT molecular complexity index is 157. The van der Waals surface area contributed by atoms with E-state index in [0.29, 0.717) is 6.42 Å². The molecule has 0 N–H and O–H groups in total. The molecule has 1 aliphatic rings. The van der Waals surface area contributed by atoms with Crippen molar-refractivity contribution in [3.63, 3.8) is 0 Å². The van der Waals surface area contributed by atoms with Crippen LogP contribution >= 0.6 is 0 Å². The molecule has 2 heteroatoms. The molecule has 0 bridgehead atoms. The standard InChI is InChI=1S/C7H9NO/c8-5-6-3-1-2-4-7(6)9/h6H,1-4H2/t6-/m1/s1. The Kier molecular flexibility index (Phi) is 1.84. The van der Waals surface area contributed by atoms with Gasteiger partial charge in [0.1, 0.15) is 11.7 Å². The zero-order chi connectivity index (χ0) is 6.69. The average molecular weight is 123 g/mol. The first-order valence-electron chi connectivity index (χ1n) is 3.27. The Morgan fingerprint density at radius 1 is 1.56 bits per heavy atom. The van der Waals surface area contributed by atoms with E-state index < -0.39 is 0 Å². The van der Waals surface area contributed by atoms with Gasteiger partial charge in [0, 0.05) is 6.42 Å². The molecule has 1 rings (SSSR count). The van der Waals surface area contributed by atoms with Crippen LogP contribution in [0.4, 0.5) is 0 Å². The van der Waals surface area contributed by atoms with Crippen molar-refractivity contribution in [2.24, 2.45) is 5.92 Å². The van der Waals surface area contributed by atoms with Gasteiger partial charge < -0.3 is 0 Å². The van der Waals surface area contributed by atoms with Gasteiger partial charge in [-0.2, -0.15) is 5.26 Å². The zero-order valence-electron chi connectivity index (χ0n) is 5.26. The summed E-state index contributed by atoms with van der Waals surface area (Å²) in [5.74, 6) is -0.137. The van der Waals surface area contributed by atoms with Gasteiger partial charge >= 0.3 is 0 Å². The second-order valence-corrected chi connectivity index (χ2v) is 2.39. The van der Waals surface area contributed by atoms with E-state index in [-0.39, 0.29) is 11.7 Å². The molecule has 0 spiro atoms. The summed E-state index contributed by atoms with van der Waals surface area (Å²) < 4.78 is 0. The predicted molar refractivity (Wildman–Crippen MR) is 32.6 cm³/mol. The van der Waals surface area contributed by atoms with E-state index in [0.717, 1.165) is 19.3 Å². The third-order valence-corrected chi connectivity index (χ3v) is 1.71. The van der Waals surface area contributed by atoms with Crippen LogP contribution in [0.15, 0.2) is 0 Å². The van der Waals surface area contributed by atoms with Gasteiger partial charge in [0.25, 0.3) is 0 Å². The molecule has 0 aromatic rings. The van der Waals surface area contributed by atoms with Gasteiger partial charge in [-0.1, -0.05) is 6.42 Å². The maximum Gasteiger partial charge on any atom is 0.149 e. The molecule has 0 aromatic carbocycles. The fourth-order valence-electron chi connectivity index (χ4n) is 1.12. The fourth-order valence-corrected chi connectivity index (χ4v) is 1.12. The summed E-state index contributed by atoms with van der Waals surface area (Å²) in [5, 5.41) is 8.39. The number of ketones is 1. The van der Waals surface area contributed by atoms with Gasteiger partial charge in [-0.3, -0.25) is 4.79 Å². The first-order valence-corrected chi connectivity index (χ1v) is 3.27. The van der Waals surface area contributed by atoms with Crippen molar-refractivity contribution < 1.29 is 4.79 Å². The summed E-state index contributed by atoms with van der Waals surface area (Å²) in [6.07, 6.45) is 3.44. The number of hydrogen-bond acceptors (Lipinski definition) is 2. The second kappa shape index (κ2) is 2.63. The molecule has 0 amide bonds. The summed E-state index contributed by atoms with van der Waals surface area (Å²) in [5.41, 5.74) is 0. The monoisotopic (exact) mass is 123 g/mol. The van der Waals surface area contributed by atoms with E-state index in [4.69, 9.17) is 5.26 Å². The SMILES string of the molecule is N#C[C@H]1CCCCC1=O. The van der Waals surface area contributed by atoms with Crippen LogP contribution in [0, 0.1) is 17.2 Å². The lowest BCUT2D eigenvalue weighted by molar-refractivity contribution is -0.122. The van der Waals surface area contributed by atoms with Crippen LogP contribution < -0.4 is 0 Å². The average Bonchev–Trinajstić information content (AvgIpc) is 1.89. The minimum atomic E-state index is -0.279. The number of hydrogen-bond donors (Lipinski definition) is 0. The molecule has 1 saturated carbocycles. The van der Waals surface area contributed by atoms with Gasteiger partial charge in [0.05, 0.1) is 6.07 Å². The smallest absolute Gasteiger partial charge is 0.149 e. The molecule has 0 saturated heterocycles. The van der Waals surface area contributed by atoms with Gasteiger partial charge in [-0.25, -0.2) is 0 Å². The number of Topliss-reactive ketones (excluding diaryl/α,β-unsaturated/α-hetero) is 1. The van der Waals surface area contributed by atoms with E-state index in [9.17, 15) is 4.79 Å². The Morgan fingerprint density at radius 3 is 2.78 bits per heavy atom. The highest BCUT2D eigenvalue weighted by Gasteiger charge is 2.20. The van der Waals surface area contributed by atoms with Crippen molar-refractivity contribution >= 4 is 5.78 Å². The molecule has 9 heavy (non-hydrogen) atoms. The summed E-state index contributed by atoms with van der Waals surface area (Å²) in [4.78, 5) is 10.8. The summed E-state index contributed by atoms with van der Waals surface area (Å²) in [7, 11) is 0. The minimum absolute atomic E-state index is 0.142. The largest absolute Gasteiger partial charge is 0.298 e. The lowest BCUT2D eigenvalue weighted by Gasteiger charge is -2.12. The number of carbonyl (C=O) groups excluding carboxylic acids is 1. The van der Waals surface area contributed by atoms with Crippen molar-refractivity contribution in [1.82, 2.24) is 0 Å². The first-order chi connectivity index (χ1) is 4.34. The van der Waals surface area contributed by atoms with Crippen LogP contribution in [-0.2, 0) is 4.79 Å². The maximum atomic E-state index is 10.8. The maximum absolute atomic E-state index is 10.8. The quantitative estimate of drug-likeness (QED) is 0.486. The van der Waals surface area contributed by atoms with Crippen LogP contribution in [0.3, 0.4) is 0 Å². The molecular weight excluding hydrogens is 114 g/mol. The lowest BCUT2D eigenvalue weighted by Crippen LogP contribution is -2.16. The van der Waals surface area contributed by atoms with Gasteiger partial charge in [0.15, 0.2) is 0 Å². The van der Waals surface area contributed by atoms with Gasteiger partial charge in [0.2, 0.25) is 0 Å². The number of rotatable bonds is 0. The van der Waals surface area contributed by atoms with E-state index in [1.807, 2.05) is 6.07 Å². The zero-order valence-corrected chi connectivity index (χ0v) is 5.26. The van der Waals surface area contributed by atoms with E-state index in [1.54, 1.807) is 0 Å². The van der Waals surface area contributed by atoms with Gasteiger partial charge in [-0.15, -0.1) is 0 Å². The van der Waals surface area contributed by atoms with Crippen molar-refractivity contribution in [2.45, 2.75) is 25.7 Å². The molecular formula is C7H9NO. The molecule has 0 heterocycles. The molecule has 2 nitrogen and oxygen atoms in total. The molecule has 48 valence electrons. The first kappa shape index (κ1) is 6.28. The molecule has 1 atom stereocenters. The molecule has 0 aliphatic heterocycles. The summed E-state index contributed by atoms with van der Waals surface area (Å²) in [6, 6.07) is 2.00. The van der Waals surface area contributed by atoms with Gasteiger partial charge in [-0.05, 0) is 12.8 Å². The highest BCUT2D eigenvalue weighted by atomic mass is 16.1. The van der Waals surface area contributed by atoms with Crippen molar-refractivity contribution in [1.29, 1.82) is 5.26 Å². The third kappa shape index (κ3) is 1.29. The number of carbonyl (C=O) groups is 1. The van der Waals surface area contributed by atoms with Crippen LogP contribution in [0.2, 0.25) is 0 Å². The predicted octanol–water partition coefficient (Wildman–Crippen LogP) is 1.27. The van der Waals surface area contributed by atoms with Crippen LogP contribution in [0.1, 0.15) is 25.7 Å². The summed E-state index contributed by atoms with van der Waals surface area (Å²) in [6.45, 7) is 0. The Hall–Kier alpha value is -0.840. The van der Waals surface area contributed by atoms with Crippen LogP contribution in [0.25, 0.3) is 0 Å². The van der Waals surface area contributed by atoms with Crippen LogP contribution in [0.5, 0.6) is 0 Å². The number of nitriles is 1. The highest BCUT2D eigenvalue weighted by molar-refractivity contribution is 5.83. The third-order valence-electron chi connectivity index (χ3n) is 1.71. The lowest BCUT2D eigenvalue weighted by atomic mass is 9.89. The Labute approximate surface area is 54.5 Å². The normalized spacial score (nSPS) is 27.4. The van der Waals surface area contributed by atoms with Crippen molar-refractivity contribution in [2.75, 3.05) is 0 Å². The molecule has 1 aliphatic carbocycles. The van der Waals surface area contributed by atoms with Crippen LogP contribution in [-0.4, -0.2) is 5.78 Å². The van der Waals surface area contributed by atoms with E-state index in [1.165, 1.54) is 0 Å². The molecule has 0 aromatic heterocycles. The summed E-state index contributed by atoms with van der Waals surface area (Å²) >= 11 is 0.